The van der Waals surface area contributed by atoms with E-state index in [0.717, 1.165) is 13.0 Å². The van der Waals surface area contributed by atoms with Crippen LogP contribution in [0.4, 0.5) is 0 Å². The van der Waals surface area contributed by atoms with E-state index in [1.165, 1.54) is 12.8 Å². The fraction of sp³-hybridized carbons (Fsp3) is 0.600. The SMILES string of the molecule is CCCCCNC1=C(C(N)=O)CC=N1. The summed E-state index contributed by atoms with van der Waals surface area (Å²) < 4.78 is 0. The zero-order valence-corrected chi connectivity index (χ0v) is 8.55. The number of hydrogen-bond donors (Lipinski definition) is 2. The molecule has 0 aromatic carbocycles. The number of primary amides is 1. The minimum absolute atomic E-state index is 0.375. The quantitative estimate of drug-likeness (QED) is 0.619. The second-order valence-electron chi connectivity index (χ2n) is 3.34. The van der Waals surface area contributed by atoms with Crippen molar-refractivity contribution in [2.75, 3.05) is 6.54 Å². The highest BCUT2D eigenvalue weighted by Crippen LogP contribution is 2.12. The highest BCUT2D eigenvalue weighted by atomic mass is 16.1. The number of aliphatic imine (C=N–C) groups is 1. The molecule has 0 saturated heterocycles. The van der Waals surface area contributed by atoms with E-state index in [2.05, 4.69) is 17.2 Å². The Kier molecular flexibility index (Phi) is 4.16. The summed E-state index contributed by atoms with van der Waals surface area (Å²) in [7, 11) is 0. The number of unbranched alkanes of at least 4 members (excludes halogenated alkanes) is 2. The van der Waals surface area contributed by atoms with Gasteiger partial charge in [-0.3, -0.25) is 4.79 Å². The van der Waals surface area contributed by atoms with Crippen molar-refractivity contribution >= 4 is 12.1 Å². The molecule has 0 fully saturated rings. The van der Waals surface area contributed by atoms with Gasteiger partial charge in [-0.2, -0.15) is 0 Å². The lowest BCUT2D eigenvalue weighted by atomic mass is 10.2. The van der Waals surface area contributed by atoms with Crippen molar-refractivity contribution in [1.29, 1.82) is 0 Å². The predicted octanol–water partition coefficient (Wildman–Crippen LogP) is 0.938. The number of rotatable bonds is 6. The molecule has 0 aromatic rings. The molecule has 0 aromatic heterocycles. The standard InChI is InChI=1S/C10H17N3O/c1-2-3-4-6-12-10-8(9(11)14)5-7-13-10/h7,12H,2-6H2,1H3,(H2,11,14). The zero-order chi connectivity index (χ0) is 10.4. The van der Waals surface area contributed by atoms with Gasteiger partial charge in [0, 0.05) is 19.2 Å². The van der Waals surface area contributed by atoms with Crippen LogP contribution in [0.3, 0.4) is 0 Å². The van der Waals surface area contributed by atoms with Crippen molar-refractivity contribution in [3.05, 3.63) is 11.4 Å². The van der Waals surface area contributed by atoms with Gasteiger partial charge in [0.2, 0.25) is 5.91 Å². The van der Waals surface area contributed by atoms with Gasteiger partial charge in [-0.1, -0.05) is 19.8 Å². The Hall–Kier alpha value is -1.32. The molecular weight excluding hydrogens is 178 g/mol. The molecule has 0 saturated carbocycles. The molecule has 1 aliphatic rings. The average Bonchev–Trinajstić information content (AvgIpc) is 2.60. The Balaban J connectivity index is 2.38. The summed E-state index contributed by atoms with van der Waals surface area (Å²) in [6, 6.07) is 0. The van der Waals surface area contributed by atoms with Crippen molar-refractivity contribution in [3.8, 4) is 0 Å². The number of nitrogens with zero attached hydrogens (tertiary/aromatic N) is 1. The molecule has 1 heterocycles. The van der Waals surface area contributed by atoms with Gasteiger partial charge in [-0.25, -0.2) is 4.99 Å². The number of hydrogen-bond acceptors (Lipinski definition) is 3. The largest absolute Gasteiger partial charge is 0.370 e. The van der Waals surface area contributed by atoms with Crippen LogP contribution in [-0.2, 0) is 4.79 Å². The second kappa shape index (κ2) is 5.42. The first kappa shape index (κ1) is 10.8. The summed E-state index contributed by atoms with van der Waals surface area (Å²) >= 11 is 0. The van der Waals surface area contributed by atoms with Crippen LogP contribution in [0.1, 0.15) is 32.6 Å². The molecule has 0 unspecified atom stereocenters. The third-order valence-corrected chi connectivity index (χ3v) is 2.17. The third kappa shape index (κ3) is 2.87. The summed E-state index contributed by atoms with van der Waals surface area (Å²) in [5, 5.41) is 3.13. The number of amides is 1. The molecule has 78 valence electrons. The molecule has 4 heteroatoms. The van der Waals surface area contributed by atoms with Crippen LogP contribution in [0.2, 0.25) is 0 Å². The van der Waals surface area contributed by atoms with Gasteiger partial charge < -0.3 is 11.1 Å². The van der Waals surface area contributed by atoms with E-state index < -0.39 is 0 Å². The fourth-order valence-electron chi connectivity index (χ4n) is 1.35. The van der Waals surface area contributed by atoms with Crippen molar-refractivity contribution in [1.82, 2.24) is 5.32 Å². The Labute approximate surface area is 84.3 Å². The van der Waals surface area contributed by atoms with Gasteiger partial charge in [-0.05, 0) is 6.42 Å². The topological polar surface area (TPSA) is 67.5 Å². The van der Waals surface area contributed by atoms with Crippen LogP contribution in [0.5, 0.6) is 0 Å². The van der Waals surface area contributed by atoms with Gasteiger partial charge >= 0.3 is 0 Å². The molecule has 0 spiro atoms. The smallest absolute Gasteiger partial charge is 0.248 e. The lowest BCUT2D eigenvalue weighted by Gasteiger charge is -2.05. The van der Waals surface area contributed by atoms with E-state index in [1.807, 2.05) is 0 Å². The van der Waals surface area contributed by atoms with Crippen molar-refractivity contribution < 1.29 is 4.79 Å². The van der Waals surface area contributed by atoms with Crippen LogP contribution in [0.15, 0.2) is 16.4 Å². The number of carbonyl (C=O) groups is 1. The molecule has 1 amide bonds. The Morgan fingerprint density at radius 1 is 1.64 bits per heavy atom. The highest BCUT2D eigenvalue weighted by Gasteiger charge is 2.14. The first-order valence-electron chi connectivity index (χ1n) is 5.05. The number of carbonyl (C=O) groups excluding carboxylic acids is 1. The van der Waals surface area contributed by atoms with Crippen molar-refractivity contribution in [2.45, 2.75) is 32.6 Å². The molecular formula is C10H17N3O. The van der Waals surface area contributed by atoms with Crippen LogP contribution in [-0.4, -0.2) is 18.7 Å². The van der Waals surface area contributed by atoms with Crippen LogP contribution in [0, 0.1) is 0 Å². The molecule has 0 atom stereocenters. The normalized spacial score (nSPS) is 14.9. The highest BCUT2D eigenvalue weighted by molar-refractivity contribution is 5.97. The maximum absolute atomic E-state index is 10.9. The van der Waals surface area contributed by atoms with Crippen molar-refractivity contribution in [3.63, 3.8) is 0 Å². The summed E-state index contributed by atoms with van der Waals surface area (Å²) in [5.74, 6) is 0.286. The molecule has 14 heavy (non-hydrogen) atoms. The van der Waals surface area contributed by atoms with Gasteiger partial charge in [0.05, 0.1) is 5.57 Å². The average molecular weight is 195 g/mol. The summed E-state index contributed by atoms with van der Waals surface area (Å²) in [4.78, 5) is 15.0. The van der Waals surface area contributed by atoms with Crippen LogP contribution in [0.25, 0.3) is 0 Å². The van der Waals surface area contributed by atoms with Gasteiger partial charge in [0.25, 0.3) is 0 Å². The van der Waals surface area contributed by atoms with Crippen LogP contribution >= 0.6 is 0 Å². The van der Waals surface area contributed by atoms with E-state index in [9.17, 15) is 4.79 Å². The molecule has 3 N–H and O–H groups in total. The lowest BCUT2D eigenvalue weighted by molar-refractivity contribution is -0.114. The van der Waals surface area contributed by atoms with Gasteiger partial charge in [0.15, 0.2) is 0 Å². The minimum atomic E-state index is -0.375. The molecule has 1 aliphatic heterocycles. The maximum Gasteiger partial charge on any atom is 0.248 e. The van der Waals surface area contributed by atoms with E-state index in [1.54, 1.807) is 6.21 Å². The Bertz CT molecular complexity index is 269. The van der Waals surface area contributed by atoms with E-state index in [-0.39, 0.29) is 5.91 Å². The van der Waals surface area contributed by atoms with Gasteiger partial charge in [0.1, 0.15) is 5.82 Å². The van der Waals surface area contributed by atoms with Gasteiger partial charge in [-0.15, -0.1) is 0 Å². The minimum Gasteiger partial charge on any atom is -0.370 e. The van der Waals surface area contributed by atoms with E-state index in [4.69, 9.17) is 5.73 Å². The van der Waals surface area contributed by atoms with Crippen molar-refractivity contribution in [2.24, 2.45) is 10.7 Å². The number of nitrogens with two attached hydrogens (primary N) is 1. The van der Waals surface area contributed by atoms with E-state index in [0.29, 0.717) is 17.8 Å². The second-order valence-corrected chi connectivity index (χ2v) is 3.34. The first-order valence-corrected chi connectivity index (χ1v) is 5.05. The molecule has 0 bridgehead atoms. The maximum atomic E-state index is 10.9. The Morgan fingerprint density at radius 3 is 3.07 bits per heavy atom. The monoisotopic (exact) mass is 195 g/mol. The lowest BCUT2D eigenvalue weighted by Crippen LogP contribution is -2.20. The Morgan fingerprint density at radius 2 is 2.43 bits per heavy atom. The first-order chi connectivity index (χ1) is 6.75. The number of nitrogens with one attached hydrogen (secondary N) is 1. The predicted molar refractivity (Wildman–Crippen MR) is 56.9 cm³/mol. The molecule has 4 nitrogen and oxygen atoms in total. The summed E-state index contributed by atoms with van der Waals surface area (Å²) in [6.07, 6.45) is 5.75. The molecule has 0 aliphatic carbocycles. The summed E-state index contributed by atoms with van der Waals surface area (Å²) in [6.45, 7) is 3.01. The fourth-order valence-corrected chi connectivity index (χ4v) is 1.35. The molecule has 0 radical (unpaired) electrons. The van der Waals surface area contributed by atoms with E-state index >= 15 is 0 Å². The summed E-state index contributed by atoms with van der Waals surface area (Å²) in [5.41, 5.74) is 5.80. The molecule has 1 rings (SSSR count). The van der Waals surface area contributed by atoms with Crippen LogP contribution < -0.4 is 11.1 Å². The third-order valence-electron chi connectivity index (χ3n) is 2.17. The zero-order valence-electron chi connectivity index (χ0n) is 8.55.